The number of nitrogens with one attached hydrogen (secondary N) is 3. The average molecular weight is 529 g/mol. The van der Waals surface area contributed by atoms with Crippen LogP contribution in [0.25, 0.3) is 22.5 Å². The number of aromatic amines is 1. The maximum atomic E-state index is 13.7. The Labute approximate surface area is 228 Å². The molecule has 0 radical (unpaired) electrons. The summed E-state index contributed by atoms with van der Waals surface area (Å²) in [5, 5.41) is 12.5. The molecule has 0 atom stereocenters. The smallest absolute Gasteiger partial charge is 0.333 e. The summed E-state index contributed by atoms with van der Waals surface area (Å²) >= 11 is 0. The van der Waals surface area contributed by atoms with Crippen LogP contribution in [-0.4, -0.2) is 71.3 Å². The molecule has 6 rings (SSSR count). The normalized spacial score (nSPS) is 17.7. The number of ketones is 1. The van der Waals surface area contributed by atoms with Crippen molar-refractivity contribution in [2.24, 2.45) is 5.92 Å². The zero-order chi connectivity index (χ0) is 26.9. The van der Waals surface area contributed by atoms with Crippen LogP contribution in [-0.2, 0) is 0 Å². The van der Waals surface area contributed by atoms with Crippen molar-refractivity contribution in [3.8, 4) is 28.3 Å². The Balaban J connectivity index is 1.18. The summed E-state index contributed by atoms with van der Waals surface area (Å²) < 4.78 is 6.01. The predicted molar refractivity (Wildman–Crippen MR) is 151 cm³/mol. The lowest BCUT2D eigenvalue weighted by Crippen LogP contribution is -2.48. The van der Waals surface area contributed by atoms with Gasteiger partial charge in [-0.15, -0.1) is 0 Å². The number of hydrogen-bond acceptors (Lipinski definition) is 6. The van der Waals surface area contributed by atoms with E-state index in [-0.39, 0.29) is 11.8 Å². The van der Waals surface area contributed by atoms with E-state index >= 15 is 0 Å². The van der Waals surface area contributed by atoms with E-state index in [1.54, 1.807) is 6.07 Å². The van der Waals surface area contributed by atoms with Crippen LogP contribution in [0.15, 0.2) is 36.4 Å². The molecule has 3 N–H and O–H groups in total. The number of aromatic nitrogens is 2. The fourth-order valence-electron chi connectivity index (χ4n) is 5.90. The van der Waals surface area contributed by atoms with Crippen LogP contribution in [0.4, 0.5) is 10.5 Å². The summed E-state index contributed by atoms with van der Waals surface area (Å²) in [6.45, 7) is 9.79. The van der Waals surface area contributed by atoms with E-state index in [4.69, 9.17) is 4.74 Å². The van der Waals surface area contributed by atoms with Gasteiger partial charge >= 0.3 is 6.03 Å². The van der Waals surface area contributed by atoms with E-state index in [1.807, 2.05) is 42.3 Å². The van der Waals surface area contributed by atoms with Gasteiger partial charge in [0.15, 0.2) is 5.78 Å². The van der Waals surface area contributed by atoms with Crippen molar-refractivity contribution in [1.29, 1.82) is 0 Å². The molecule has 2 aromatic carbocycles. The zero-order valence-electron chi connectivity index (χ0n) is 22.7. The number of anilines is 1. The van der Waals surface area contributed by atoms with Gasteiger partial charge in [0.25, 0.3) is 0 Å². The largest absolute Gasteiger partial charge is 0.492 e. The van der Waals surface area contributed by atoms with Crippen LogP contribution in [0.2, 0.25) is 0 Å². The standard InChI is InChI=1S/C30H36N6O3/c1-19-10-14-36(15-11-19)34-30(38)31-24-7-5-6-23-25(24)29(37)26-27(32-33-28(23)26)22-9-8-21(18-20(22)2)39-17-16-35-12-3-4-13-35/h5-9,18-19H,3-4,10-17H2,1-2H3,(H,32,33)(H2,31,34,38). The van der Waals surface area contributed by atoms with Crippen molar-refractivity contribution in [2.75, 3.05) is 44.6 Å². The van der Waals surface area contributed by atoms with Crippen LogP contribution in [0.5, 0.6) is 5.75 Å². The lowest BCUT2D eigenvalue weighted by atomic mass is 10.00. The molecular weight excluding hydrogens is 492 g/mol. The second-order valence-electron chi connectivity index (χ2n) is 11.0. The van der Waals surface area contributed by atoms with Crippen molar-refractivity contribution in [3.63, 3.8) is 0 Å². The molecule has 9 nitrogen and oxygen atoms in total. The lowest BCUT2D eigenvalue weighted by molar-refractivity contribution is 0.104. The van der Waals surface area contributed by atoms with Crippen molar-refractivity contribution in [2.45, 2.75) is 39.5 Å². The number of carbonyl (C=O) groups is 2. The van der Waals surface area contributed by atoms with Gasteiger partial charge in [-0.3, -0.25) is 20.2 Å². The molecule has 2 saturated heterocycles. The Bertz CT molecular complexity index is 1390. The first-order chi connectivity index (χ1) is 19.0. The monoisotopic (exact) mass is 528 g/mol. The number of aryl methyl sites for hydroxylation is 1. The highest BCUT2D eigenvalue weighted by atomic mass is 16.5. The minimum atomic E-state index is -0.340. The quantitative estimate of drug-likeness (QED) is 0.317. The Hall–Kier alpha value is -3.69. The number of urea groups is 1. The lowest BCUT2D eigenvalue weighted by Gasteiger charge is -2.30. The van der Waals surface area contributed by atoms with E-state index < -0.39 is 0 Å². The number of carbonyl (C=O) groups excluding carboxylic acids is 2. The maximum Gasteiger partial charge on any atom is 0.333 e. The second kappa shape index (κ2) is 10.8. The fraction of sp³-hybridized carbons (Fsp3) is 0.433. The molecule has 0 bridgehead atoms. The third-order valence-corrected chi connectivity index (χ3v) is 8.17. The highest BCUT2D eigenvalue weighted by Crippen LogP contribution is 2.43. The Kier molecular flexibility index (Phi) is 7.10. The highest BCUT2D eigenvalue weighted by molar-refractivity contribution is 6.27. The van der Waals surface area contributed by atoms with Crippen LogP contribution in [0.3, 0.4) is 0 Å². The van der Waals surface area contributed by atoms with E-state index in [0.717, 1.165) is 68.0 Å². The Morgan fingerprint density at radius 3 is 2.64 bits per heavy atom. The summed E-state index contributed by atoms with van der Waals surface area (Å²) in [6, 6.07) is 11.1. The molecule has 39 heavy (non-hydrogen) atoms. The number of likely N-dealkylation sites (tertiary alicyclic amines) is 1. The van der Waals surface area contributed by atoms with Crippen molar-refractivity contribution < 1.29 is 14.3 Å². The molecule has 0 unspecified atom stereocenters. The summed E-state index contributed by atoms with van der Waals surface area (Å²) in [7, 11) is 0. The molecule has 9 heteroatoms. The van der Waals surface area contributed by atoms with E-state index in [2.05, 4.69) is 32.8 Å². The minimum Gasteiger partial charge on any atom is -0.492 e. The number of rotatable bonds is 7. The molecule has 2 aliphatic heterocycles. The number of nitrogens with zero attached hydrogens (tertiary/aromatic N) is 3. The molecule has 0 spiro atoms. The van der Waals surface area contributed by atoms with Gasteiger partial charge in [0, 0.05) is 30.8 Å². The molecule has 2 amide bonds. The number of piperidine rings is 1. The van der Waals surface area contributed by atoms with E-state index in [1.165, 1.54) is 12.8 Å². The number of ether oxygens (including phenoxy) is 1. The number of hydrazine groups is 1. The molecular formula is C30H36N6O3. The van der Waals surface area contributed by atoms with Crippen molar-refractivity contribution in [1.82, 2.24) is 25.5 Å². The van der Waals surface area contributed by atoms with Gasteiger partial charge < -0.3 is 10.1 Å². The van der Waals surface area contributed by atoms with E-state index in [0.29, 0.717) is 40.7 Å². The minimum absolute atomic E-state index is 0.142. The average Bonchev–Trinajstić information content (AvgIpc) is 3.65. The van der Waals surface area contributed by atoms with Gasteiger partial charge in [0.05, 0.1) is 22.5 Å². The second-order valence-corrected chi connectivity index (χ2v) is 11.0. The summed E-state index contributed by atoms with van der Waals surface area (Å²) in [6.07, 6.45) is 4.64. The van der Waals surface area contributed by atoms with Gasteiger partial charge in [0.1, 0.15) is 18.1 Å². The van der Waals surface area contributed by atoms with Crippen LogP contribution >= 0.6 is 0 Å². The molecule has 2 fully saturated rings. The first-order valence-corrected chi connectivity index (χ1v) is 14.0. The molecule has 204 valence electrons. The molecule has 1 aliphatic carbocycles. The maximum absolute atomic E-state index is 13.7. The summed E-state index contributed by atoms with van der Waals surface area (Å²) in [4.78, 5) is 29.0. The third kappa shape index (κ3) is 5.16. The van der Waals surface area contributed by atoms with Gasteiger partial charge in [-0.25, -0.2) is 9.80 Å². The number of H-pyrrole nitrogens is 1. The molecule has 1 aromatic heterocycles. The molecule has 3 aromatic rings. The SMILES string of the molecule is Cc1cc(OCCN2CCCC2)ccc1-c1[nH]nc2c1C(=O)c1c(NC(=O)NN3CCC(C)CC3)cccc1-2. The number of benzene rings is 2. The van der Waals surface area contributed by atoms with Crippen LogP contribution in [0, 0.1) is 12.8 Å². The first-order valence-electron chi connectivity index (χ1n) is 14.0. The summed E-state index contributed by atoms with van der Waals surface area (Å²) in [5.41, 5.74) is 8.36. The Morgan fingerprint density at radius 1 is 1.08 bits per heavy atom. The summed E-state index contributed by atoms with van der Waals surface area (Å²) in [5.74, 6) is 1.35. The van der Waals surface area contributed by atoms with Crippen molar-refractivity contribution >= 4 is 17.5 Å². The number of fused-ring (bicyclic) bond motifs is 3. The molecule has 3 aliphatic rings. The van der Waals surface area contributed by atoms with Crippen molar-refractivity contribution in [3.05, 3.63) is 53.1 Å². The topological polar surface area (TPSA) is 103 Å². The third-order valence-electron chi connectivity index (χ3n) is 8.17. The highest BCUT2D eigenvalue weighted by Gasteiger charge is 2.35. The van der Waals surface area contributed by atoms with Gasteiger partial charge in [0.2, 0.25) is 0 Å². The number of hydrogen-bond donors (Lipinski definition) is 3. The van der Waals surface area contributed by atoms with Gasteiger partial charge in [-0.05, 0) is 81.4 Å². The predicted octanol–water partition coefficient (Wildman–Crippen LogP) is 4.84. The number of amides is 2. The fourth-order valence-corrected chi connectivity index (χ4v) is 5.90. The van der Waals surface area contributed by atoms with E-state index in [9.17, 15) is 9.59 Å². The molecule has 0 saturated carbocycles. The Morgan fingerprint density at radius 2 is 1.87 bits per heavy atom. The van der Waals surface area contributed by atoms with Gasteiger partial charge in [-0.2, -0.15) is 5.10 Å². The van der Waals surface area contributed by atoms with Gasteiger partial charge in [-0.1, -0.05) is 19.1 Å². The van der Waals surface area contributed by atoms with Crippen LogP contribution < -0.4 is 15.5 Å². The zero-order valence-corrected chi connectivity index (χ0v) is 22.7. The first kappa shape index (κ1) is 25.6. The molecule has 3 heterocycles. The van der Waals surface area contributed by atoms with Crippen LogP contribution in [0.1, 0.15) is 54.1 Å².